The van der Waals surface area contributed by atoms with Gasteiger partial charge in [0.05, 0.1) is 34.3 Å². The molecule has 5 nitrogen and oxygen atoms in total. The van der Waals surface area contributed by atoms with E-state index in [0.717, 1.165) is 48.2 Å². The second-order valence-electron chi connectivity index (χ2n) is 6.96. The van der Waals surface area contributed by atoms with E-state index < -0.39 is 5.97 Å². The number of aromatic nitrogens is 1. The summed E-state index contributed by atoms with van der Waals surface area (Å²) in [5.41, 5.74) is 2.95. The summed E-state index contributed by atoms with van der Waals surface area (Å²) in [6, 6.07) is 10.2. The number of aromatic carboxylic acids is 1. The second-order valence-corrected chi connectivity index (χ2v) is 8.45. The van der Waals surface area contributed by atoms with Crippen LogP contribution in [-0.4, -0.2) is 34.5 Å². The van der Waals surface area contributed by atoms with Crippen LogP contribution in [0.1, 0.15) is 23.2 Å². The molecule has 2 aromatic carbocycles. The van der Waals surface area contributed by atoms with Gasteiger partial charge in [-0.3, -0.25) is 4.98 Å². The maximum absolute atomic E-state index is 11.7. The van der Waals surface area contributed by atoms with Crippen LogP contribution < -0.4 is 10.2 Å². The number of pyridine rings is 1. The van der Waals surface area contributed by atoms with Gasteiger partial charge in [0.15, 0.2) is 0 Å². The number of nitrogens with one attached hydrogen (secondary N) is 1. The van der Waals surface area contributed by atoms with E-state index in [-0.39, 0.29) is 10.9 Å². The number of halogens is 3. The van der Waals surface area contributed by atoms with Crippen molar-refractivity contribution in [2.45, 2.75) is 18.2 Å². The molecule has 0 atom stereocenters. The highest BCUT2D eigenvalue weighted by Gasteiger charge is 2.22. The van der Waals surface area contributed by atoms with Crippen LogP contribution in [0.3, 0.4) is 0 Å². The standard InChI is InChI=1S/C21H18Cl3N3O2/c22-12-5-7-27(8-6-12)19-11-25-17-3-1-13(23)9-15(17)20(19)26-18-4-2-14(24)10-16(18)21(28)29/h1-4,9-12H,5-8H2,(H,25,26)(H,28,29). The van der Waals surface area contributed by atoms with E-state index in [1.165, 1.54) is 6.07 Å². The molecule has 1 aromatic heterocycles. The number of alkyl halides is 1. The van der Waals surface area contributed by atoms with E-state index in [1.807, 2.05) is 18.3 Å². The van der Waals surface area contributed by atoms with Crippen molar-refractivity contribution in [1.29, 1.82) is 0 Å². The first kappa shape index (κ1) is 20.1. The van der Waals surface area contributed by atoms with Gasteiger partial charge in [0.1, 0.15) is 0 Å². The number of nitrogens with zero attached hydrogens (tertiary/aromatic N) is 2. The van der Waals surface area contributed by atoms with Gasteiger partial charge in [0.25, 0.3) is 0 Å². The Morgan fingerprint density at radius 1 is 1.10 bits per heavy atom. The topological polar surface area (TPSA) is 65.5 Å². The van der Waals surface area contributed by atoms with Crippen LogP contribution in [-0.2, 0) is 0 Å². The molecule has 2 heterocycles. The molecule has 0 spiro atoms. The summed E-state index contributed by atoms with van der Waals surface area (Å²) in [5.74, 6) is -1.06. The molecule has 0 saturated carbocycles. The van der Waals surface area contributed by atoms with Crippen molar-refractivity contribution in [3.8, 4) is 0 Å². The molecule has 8 heteroatoms. The van der Waals surface area contributed by atoms with Crippen LogP contribution >= 0.6 is 34.8 Å². The Bertz CT molecular complexity index is 1080. The third-order valence-corrected chi connectivity index (χ3v) is 5.95. The van der Waals surface area contributed by atoms with Crippen LogP contribution in [0.15, 0.2) is 42.6 Å². The van der Waals surface area contributed by atoms with Crippen molar-refractivity contribution < 1.29 is 9.90 Å². The quantitative estimate of drug-likeness (QED) is 0.464. The van der Waals surface area contributed by atoms with Gasteiger partial charge in [-0.15, -0.1) is 11.6 Å². The number of piperidine rings is 1. The monoisotopic (exact) mass is 449 g/mol. The second kappa shape index (κ2) is 8.27. The molecule has 1 aliphatic heterocycles. The fraction of sp³-hybridized carbons (Fsp3) is 0.238. The van der Waals surface area contributed by atoms with Crippen LogP contribution in [0.5, 0.6) is 0 Å². The van der Waals surface area contributed by atoms with Crippen molar-refractivity contribution in [3.63, 3.8) is 0 Å². The normalized spacial score (nSPS) is 14.9. The lowest BCUT2D eigenvalue weighted by molar-refractivity contribution is 0.0698. The molecule has 1 fully saturated rings. The number of fused-ring (bicyclic) bond motifs is 1. The van der Waals surface area contributed by atoms with Crippen molar-refractivity contribution in [1.82, 2.24) is 4.98 Å². The lowest BCUT2D eigenvalue weighted by Gasteiger charge is -2.33. The summed E-state index contributed by atoms with van der Waals surface area (Å²) in [4.78, 5) is 18.5. The van der Waals surface area contributed by atoms with Crippen LogP contribution in [0.25, 0.3) is 10.9 Å². The molecule has 29 heavy (non-hydrogen) atoms. The Hall–Kier alpha value is -2.21. The van der Waals surface area contributed by atoms with Gasteiger partial charge in [-0.05, 0) is 49.2 Å². The van der Waals surface area contributed by atoms with Gasteiger partial charge in [-0.25, -0.2) is 4.79 Å². The minimum atomic E-state index is -1.06. The fourth-order valence-corrected chi connectivity index (χ4v) is 4.09. The Balaban J connectivity index is 1.86. The minimum absolute atomic E-state index is 0.0925. The van der Waals surface area contributed by atoms with Gasteiger partial charge in [-0.2, -0.15) is 0 Å². The minimum Gasteiger partial charge on any atom is -0.478 e. The van der Waals surface area contributed by atoms with Crippen molar-refractivity contribution in [3.05, 3.63) is 58.2 Å². The zero-order chi connectivity index (χ0) is 20.5. The summed E-state index contributed by atoms with van der Waals surface area (Å²) >= 11 is 18.5. The van der Waals surface area contributed by atoms with Gasteiger partial charge in [-0.1, -0.05) is 23.2 Å². The molecule has 0 radical (unpaired) electrons. The van der Waals surface area contributed by atoms with Crippen molar-refractivity contribution in [2.75, 3.05) is 23.3 Å². The number of benzene rings is 2. The third-order valence-electron chi connectivity index (χ3n) is 5.05. The zero-order valence-electron chi connectivity index (χ0n) is 15.3. The van der Waals surface area contributed by atoms with Crippen molar-refractivity contribution >= 4 is 68.7 Å². The smallest absolute Gasteiger partial charge is 0.337 e. The average molecular weight is 451 g/mol. The first-order valence-corrected chi connectivity index (χ1v) is 10.4. The average Bonchev–Trinajstić information content (AvgIpc) is 2.70. The van der Waals surface area contributed by atoms with E-state index in [4.69, 9.17) is 34.8 Å². The van der Waals surface area contributed by atoms with E-state index in [2.05, 4.69) is 15.2 Å². The maximum atomic E-state index is 11.7. The van der Waals surface area contributed by atoms with Gasteiger partial charge in [0, 0.05) is 33.9 Å². The highest BCUT2D eigenvalue weighted by atomic mass is 35.5. The van der Waals surface area contributed by atoms with Gasteiger partial charge >= 0.3 is 5.97 Å². The van der Waals surface area contributed by atoms with Gasteiger partial charge in [0.2, 0.25) is 0 Å². The highest BCUT2D eigenvalue weighted by Crippen LogP contribution is 2.38. The zero-order valence-corrected chi connectivity index (χ0v) is 17.6. The molecule has 0 amide bonds. The molecule has 150 valence electrons. The molecule has 0 aliphatic carbocycles. The summed E-state index contributed by atoms with van der Waals surface area (Å²) < 4.78 is 0. The Labute approximate surface area is 183 Å². The van der Waals surface area contributed by atoms with E-state index in [1.54, 1.807) is 18.2 Å². The number of hydrogen-bond donors (Lipinski definition) is 2. The molecular weight excluding hydrogens is 433 g/mol. The molecule has 0 unspecified atom stereocenters. The molecule has 4 rings (SSSR count). The van der Waals surface area contributed by atoms with Crippen LogP contribution in [0.2, 0.25) is 10.0 Å². The Morgan fingerprint density at radius 3 is 2.52 bits per heavy atom. The fourth-order valence-electron chi connectivity index (χ4n) is 3.55. The van der Waals surface area contributed by atoms with E-state index in [9.17, 15) is 9.90 Å². The molecular formula is C21H18Cl3N3O2. The summed E-state index contributed by atoms with van der Waals surface area (Å²) in [7, 11) is 0. The number of carbonyl (C=O) groups is 1. The molecule has 1 saturated heterocycles. The largest absolute Gasteiger partial charge is 0.478 e. The van der Waals surface area contributed by atoms with E-state index >= 15 is 0 Å². The predicted octanol–water partition coefficient (Wildman–Crippen LogP) is 6.19. The number of hydrogen-bond acceptors (Lipinski definition) is 4. The van der Waals surface area contributed by atoms with Gasteiger partial charge < -0.3 is 15.3 Å². The molecule has 2 N–H and O–H groups in total. The van der Waals surface area contributed by atoms with Crippen LogP contribution in [0, 0.1) is 0 Å². The SMILES string of the molecule is O=C(O)c1cc(Cl)ccc1Nc1c(N2CCC(Cl)CC2)cnc2ccc(Cl)cc12. The summed E-state index contributed by atoms with van der Waals surface area (Å²) in [5, 5.41) is 14.9. The highest BCUT2D eigenvalue weighted by molar-refractivity contribution is 6.32. The van der Waals surface area contributed by atoms with Crippen molar-refractivity contribution in [2.24, 2.45) is 0 Å². The number of carboxylic acids is 1. The number of carboxylic acid groups (broad SMARTS) is 1. The van der Waals surface area contributed by atoms with Crippen LogP contribution in [0.4, 0.5) is 17.1 Å². The van der Waals surface area contributed by atoms with E-state index in [0.29, 0.717) is 15.7 Å². The maximum Gasteiger partial charge on any atom is 0.337 e. The molecule has 3 aromatic rings. The summed E-state index contributed by atoms with van der Waals surface area (Å²) in [6.45, 7) is 1.59. The molecule has 1 aliphatic rings. The number of rotatable bonds is 4. The first-order valence-electron chi connectivity index (χ1n) is 9.19. The molecule has 0 bridgehead atoms. The third kappa shape index (κ3) is 4.22. The lowest BCUT2D eigenvalue weighted by Crippen LogP contribution is -2.34. The summed E-state index contributed by atoms with van der Waals surface area (Å²) in [6.07, 6.45) is 3.55. The lowest BCUT2D eigenvalue weighted by atomic mass is 10.1. The first-order chi connectivity index (χ1) is 13.9. The number of anilines is 3. The predicted molar refractivity (Wildman–Crippen MR) is 120 cm³/mol. The Morgan fingerprint density at radius 2 is 1.79 bits per heavy atom. The Kier molecular flexibility index (Phi) is 5.72.